The Bertz CT molecular complexity index is 873. The third-order valence-corrected chi connectivity index (χ3v) is 6.02. The van der Waals surface area contributed by atoms with Gasteiger partial charge in [0.15, 0.2) is 0 Å². The van der Waals surface area contributed by atoms with Crippen LogP contribution in [0.1, 0.15) is 24.8 Å². The number of amides is 4. The quantitative estimate of drug-likeness (QED) is 0.134. The number of carbonyl (C=O) groups excluding carboxylic acids is 4. The highest BCUT2D eigenvalue weighted by Gasteiger charge is 2.30. The van der Waals surface area contributed by atoms with Gasteiger partial charge < -0.3 is 32.5 Å². The Morgan fingerprint density at radius 2 is 1.51 bits per heavy atom. The molecule has 0 spiro atoms. The Balaban J connectivity index is 3.04. The zero-order valence-corrected chi connectivity index (χ0v) is 21.1. The highest BCUT2D eigenvalue weighted by atomic mass is 32.2. The topological polar surface area (TPSA) is 194 Å². The van der Waals surface area contributed by atoms with Gasteiger partial charge >= 0.3 is 5.97 Å². The lowest BCUT2D eigenvalue weighted by molar-refractivity contribution is -0.142. The van der Waals surface area contributed by atoms with Crippen LogP contribution in [0, 0.1) is 0 Å². The van der Waals surface area contributed by atoms with E-state index in [2.05, 4.69) is 28.6 Å². The van der Waals surface area contributed by atoms with Gasteiger partial charge in [0.05, 0.1) is 6.04 Å². The second-order valence-electron chi connectivity index (χ2n) is 7.79. The second kappa shape index (κ2) is 16.0. The molecule has 0 saturated heterocycles. The molecule has 0 aliphatic carbocycles. The summed E-state index contributed by atoms with van der Waals surface area (Å²) in [5, 5.41) is 17.0. The number of hydrogen-bond acceptors (Lipinski definition) is 8. The molecule has 11 nitrogen and oxygen atoms in total. The number of rotatable bonds is 16. The number of thioether (sulfide) groups is 1. The van der Waals surface area contributed by atoms with Crippen molar-refractivity contribution < 1.29 is 29.1 Å². The third-order valence-electron chi connectivity index (χ3n) is 4.99. The number of nitrogens with two attached hydrogens (primary N) is 2. The van der Waals surface area contributed by atoms with E-state index in [-0.39, 0.29) is 31.4 Å². The number of carbonyl (C=O) groups is 5. The molecular formula is C22H33N5O6S2. The lowest BCUT2D eigenvalue weighted by Gasteiger charge is -2.25. The van der Waals surface area contributed by atoms with Gasteiger partial charge in [-0.1, -0.05) is 30.3 Å². The van der Waals surface area contributed by atoms with Crippen LogP contribution in [0.4, 0.5) is 0 Å². The van der Waals surface area contributed by atoms with Gasteiger partial charge in [-0.15, -0.1) is 0 Å². The van der Waals surface area contributed by atoms with Crippen molar-refractivity contribution in [3.05, 3.63) is 35.9 Å². The van der Waals surface area contributed by atoms with Gasteiger partial charge in [0.1, 0.15) is 18.1 Å². The second-order valence-corrected chi connectivity index (χ2v) is 9.14. The van der Waals surface area contributed by atoms with E-state index in [0.717, 1.165) is 5.56 Å². The normalized spacial score (nSPS) is 14.1. The predicted octanol–water partition coefficient (Wildman–Crippen LogP) is -0.956. The highest BCUT2D eigenvalue weighted by molar-refractivity contribution is 7.98. The maximum absolute atomic E-state index is 13.2. The molecule has 1 aromatic rings. The van der Waals surface area contributed by atoms with Crippen molar-refractivity contribution in [1.82, 2.24) is 16.0 Å². The van der Waals surface area contributed by atoms with Crippen LogP contribution < -0.4 is 27.4 Å². The first-order valence-corrected chi connectivity index (χ1v) is 12.9. The predicted molar refractivity (Wildman–Crippen MR) is 137 cm³/mol. The molecule has 0 aliphatic rings. The fourth-order valence-electron chi connectivity index (χ4n) is 3.01. The van der Waals surface area contributed by atoms with Crippen molar-refractivity contribution in [3.8, 4) is 0 Å². The van der Waals surface area contributed by atoms with E-state index in [1.165, 1.54) is 11.8 Å². The number of carboxylic acid groups (broad SMARTS) is 1. The zero-order valence-electron chi connectivity index (χ0n) is 19.4. The Morgan fingerprint density at radius 1 is 0.943 bits per heavy atom. The summed E-state index contributed by atoms with van der Waals surface area (Å²) >= 11 is 5.45. The standard InChI is InChI=1S/C22H33N5O6S2/c1-35-10-9-15(20(30)26-16(22(32)33)7-8-18(24)28)25-21(31)17(27-19(29)14(23)12-34)11-13-5-3-2-4-6-13/h2-6,14-17,34H,7-12,23H2,1H3,(H2,24,28)(H,25,31)(H,26,30)(H,27,29)(H,32,33). The van der Waals surface area contributed by atoms with E-state index in [1.807, 2.05) is 12.3 Å². The van der Waals surface area contributed by atoms with E-state index in [4.69, 9.17) is 11.5 Å². The number of primary amides is 1. The van der Waals surface area contributed by atoms with Crippen LogP contribution in [0.25, 0.3) is 0 Å². The van der Waals surface area contributed by atoms with Crippen molar-refractivity contribution in [2.75, 3.05) is 17.8 Å². The van der Waals surface area contributed by atoms with Gasteiger partial charge in [0, 0.05) is 18.6 Å². The van der Waals surface area contributed by atoms with Crippen LogP contribution in [-0.2, 0) is 30.4 Å². The molecule has 4 amide bonds. The van der Waals surface area contributed by atoms with Crippen molar-refractivity contribution in [3.63, 3.8) is 0 Å². The number of hydrogen-bond donors (Lipinski definition) is 7. The molecule has 0 heterocycles. The van der Waals surface area contributed by atoms with Gasteiger partial charge in [-0.3, -0.25) is 19.2 Å². The third kappa shape index (κ3) is 11.5. The fourth-order valence-corrected chi connectivity index (χ4v) is 3.65. The molecule has 4 atom stereocenters. The fraction of sp³-hybridized carbons (Fsp3) is 0.500. The molecule has 0 aliphatic heterocycles. The van der Waals surface area contributed by atoms with Gasteiger partial charge in [-0.2, -0.15) is 24.4 Å². The van der Waals surface area contributed by atoms with Crippen molar-refractivity contribution in [2.24, 2.45) is 11.5 Å². The Labute approximate surface area is 213 Å². The number of thiol groups is 1. The van der Waals surface area contributed by atoms with Crippen molar-refractivity contribution >= 4 is 54.0 Å². The number of aliphatic carboxylic acids is 1. The summed E-state index contributed by atoms with van der Waals surface area (Å²) in [4.78, 5) is 60.9. The summed E-state index contributed by atoms with van der Waals surface area (Å²) in [6, 6.07) is 4.59. The van der Waals surface area contributed by atoms with Crippen LogP contribution in [0.15, 0.2) is 30.3 Å². The first-order valence-electron chi connectivity index (χ1n) is 10.9. The molecule has 0 radical (unpaired) electrons. The minimum Gasteiger partial charge on any atom is -0.480 e. The monoisotopic (exact) mass is 527 g/mol. The van der Waals surface area contributed by atoms with Gasteiger partial charge in [0.25, 0.3) is 0 Å². The van der Waals surface area contributed by atoms with E-state index < -0.39 is 53.8 Å². The minimum atomic E-state index is -1.35. The molecular weight excluding hydrogens is 494 g/mol. The number of carboxylic acids is 1. The lowest BCUT2D eigenvalue weighted by atomic mass is 10.0. The Hall–Kier alpha value is -2.77. The average molecular weight is 528 g/mol. The first-order chi connectivity index (χ1) is 16.6. The van der Waals surface area contributed by atoms with Crippen LogP contribution in [0.3, 0.4) is 0 Å². The molecule has 13 heteroatoms. The van der Waals surface area contributed by atoms with Gasteiger partial charge in [-0.25, -0.2) is 4.79 Å². The van der Waals surface area contributed by atoms with E-state index in [0.29, 0.717) is 5.75 Å². The van der Waals surface area contributed by atoms with E-state index in [9.17, 15) is 29.1 Å². The molecule has 0 saturated carbocycles. The minimum absolute atomic E-state index is 0.0755. The summed E-state index contributed by atoms with van der Waals surface area (Å²) in [6.45, 7) is 0. The molecule has 0 bridgehead atoms. The summed E-state index contributed by atoms with van der Waals surface area (Å²) in [7, 11) is 0. The number of nitrogens with one attached hydrogen (secondary N) is 3. The maximum atomic E-state index is 13.2. The zero-order chi connectivity index (χ0) is 26.4. The summed E-state index contributed by atoms with van der Waals surface area (Å²) in [5.41, 5.74) is 11.6. The SMILES string of the molecule is CSCCC(NC(=O)C(Cc1ccccc1)NC(=O)C(N)CS)C(=O)NC(CCC(N)=O)C(=O)O. The molecule has 35 heavy (non-hydrogen) atoms. The molecule has 194 valence electrons. The maximum Gasteiger partial charge on any atom is 0.326 e. The van der Waals surface area contributed by atoms with Gasteiger partial charge in [0.2, 0.25) is 23.6 Å². The summed E-state index contributed by atoms with van der Waals surface area (Å²) < 4.78 is 0. The van der Waals surface area contributed by atoms with Crippen molar-refractivity contribution in [2.45, 2.75) is 49.9 Å². The molecule has 8 N–H and O–H groups in total. The van der Waals surface area contributed by atoms with Gasteiger partial charge in [-0.05, 0) is 30.4 Å². The average Bonchev–Trinajstić information content (AvgIpc) is 2.83. The smallest absolute Gasteiger partial charge is 0.326 e. The Morgan fingerprint density at radius 3 is 2.06 bits per heavy atom. The molecule has 4 unspecified atom stereocenters. The summed E-state index contributed by atoms with van der Waals surface area (Å²) in [5.74, 6) is -3.37. The Kier molecular flexibility index (Phi) is 13.8. The van der Waals surface area contributed by atoms with Crippen LogP contribution in [0.5, 0.6) is 0 Å². The van der Waals surface area contributed by atoms with E-state index in [1.54, 1.807) is 24.3 Å². The van der Waals surface area contributed by atoms with Crippen molar-refractivity contribution in [1.29, 1.82) is 0 Å². The summed E-state index contributed by atoms with van der Waals surface area (Å²) in [6.07, 6.45) is 1.76. The van der Waals surface area contributed by atoms with Crippen LogP contribution >= 0.6 is 24.4 Å². The van der Waals surface area contributed by atoms with E-state index >= 15 is 0 Å². The largest absolute Gasteiger partial charge is 0.480 e. The highest BCUT2D eigenvalue weighted by Crippen LogP contribution is 2.08. The van der Waals surface area contributed by atoms with Crippen LogP contribution in [-0.4, -0.2) is 76.6 Å². The molecule has 1 aromatic carbocycles. The molecule has 1 rings (SSSR count). The first kappa shape index (κ1) is 30.3. The van der Waals surface area contributed by atoms with Crippen LogP contribution in [0.2, 0.25) is 0 Å². The number of benzene rings is 1. The lowest BCUT2D eigenvalue weighted by Crippen LogP contribution is -2.58. The molecule has 0 aromatic heterocycles. The molecule has 0 fully saturated rings.